The van der Waals surface area contributed by atoms with Gasteiger partial charge >= 0.3 is 5.97 Å². The SMILES string of the molecule is COc1ccc2c(c1)c1c(n2Cc2ccccc2)CCC(C(=O)O)C1. The molecular weight excluding hydrogens is 314 g/mol. The lowest BCUT2D eigenvalue weighted by atomic mass is 9.86. The van der Waals surface area contributed by atoms with Crippen LogP contribution in [0.4, 0.5) is 0 Å². The summed E-state index contributed by atoms with van der Waals surface area (Å²) in [4.78, 5) is 11.5. The fourth-order valence-corrected chi connectivity index (χ4v) is 3.91. The lowest BCUT2D eigenvalue weighted by Crippen LogP contribution is -2.23. The number of hydrogen-bond donors (Lipinski definition) is 1. The maximum absolute atomic E-state index is 11.5. The van der Waals surface area contributed by atoms with E-state index in [1.54, 1.807) is 7.11 Å². The topological polar surface area (TPSA) is 51.5 Å². The zero-order chi connectivity index (χ0) is 17.4. The Hall–Kier alpha value is -2.75. The van der Waals surface area contributed by atoms with E-state index in [4.69, 9.17) is 4.74 Å². The second-order valence-corrected chi connectivity index (χ2v) is 6.66. The minimum absolute atomic E-state index is 0.297. The number of rotatable bonds is 4. The van der Waals surface area contributed by atoms with Crippen molar-refractivity contribution in [3.05, 3.63) is 65.4 Å². The minimum Gasteiger partial charge on any atom is -0.497 e. The highest BCUT2D eigenvalue weighted by atomic mass is 16.5. The molecule has 1 aliphatic rings. The van der Waals surface area contributed by atoms with E-state index in [2.05, 4.69) is 34.9 Å². The summed E-state index contributed by atoms with van der Waals surface area (Å²) in [5.41, 5.74) is 4.84. The highest BCUT2D eigenvalue weighted by molar-refractivity contribution is 5.88. The van der Waals surface area contributed by atoms with E-state index in [1.165, 1.54) is 16.8 Å². The zero-order valence-corrected chi connectivity index (χ0v) is 14.2. The third-order valence-electron chi connectivity index (χ3n) is 5.21. The fourth-order valence-electron chi connectivity index (χ4n) is 3.91. The molecule has 1 N–H and O–H groups in total. The van der Waals surface area contributed by atoms with Crippen molar-refractivity contribution < 1.29 is 14.6 Å². The molecule has 25 heavy (non-hydrogen) atoms. The van der Waals surface area contributed by atoms with Crippen molar-refractivity contribution in [1.29, 1.82) is 0 Å². The smallest absolute Gasteiger partial charge is 0.306 e. The predicted octanol–water partition coefficient (Wildman–Crippen LogP) is 3.89. The molecule has 1 aliphatic carbocycles. The van der Waals surface area contributed by atoms with Crippen LogP contribution >= 0.6 is 0 Å². The summed E-state index contributed by atoms with van der Waals surface area (Å²) in [6, 6.07) is 16.5. The van der Waals surface area contributed by atoms with E-state index in [0.717, 1.165) is 29.6 Å². The summed E-state index contributed by atoms with van der Waals surface area (Å²) in [6.45, 7) is 0.802. The van der Waals surface area contributed by atoms with Crippen LogP contribution in [-0.4, -0.2) is 22.8 Å². The van der Waals surface area contributed by atoms with Gasteiger partial charge < -0.3 is 14.4 Å². The van der Waals surface area contributed by atoms with Gasteiger partial charge in [-0.3, -0.25) is 4.79 Å². The van der Waals surface area contributed by atoms with E-state index in [1.807, 2.05) is 18.2 Å². The van der Waals surface area contributed by atoms with Crippen molar-refractivity contribution in [2.45, 2.75) is 25.8 Å². The molecule has 4 nitrogen and oxygen atoms in total. The molecule has 1 aromatic heterocycles. The monoisotopic (exact) mass is 335 g/mol. The van der Waals surface area contributed by atoms with Gasteiger partial charge in [0.05, 0.1) is 13.0 Å². The van der Waals surface area contributed by atoms with E-state index in [-0.39, 0.29) is 5.92 Å². The first-order chi connectivity index (χ1) is 12.2. The Morgan fingerprint density at radius 1 is 1.24 bits per heavy atom. The normalized spacial score (nSPS) is 16.6. The molecule has 4 heteroatoms. The maximum Gasteiger partial charge on any atom is 0.306 e. The molecular formula is C21H21NO3. The number of methoxy groups -OCH3 is 1. The number of hydrogen-bond acceptors (Lipinski definition) is 2. The van der Waals surface area contributed by atoms with Gasteiger partial charge in [-0.25, -0.2) is 0 Å². The van der Waals surface area contributed by atoms with Crippen molar-refractivity contribution in [2.75, 3.05) is 7.11 Å². The lowest BCUT2D eigenvalue weighted by Gasteiger charge is -2.21. The standard InChI is InChI=1S/C21H21NO3/c1-25-16-8-10-20-18(12-16)17-11-15(21(23)24)7-9-19(17)22(20)13-14-5-3-2-4-6-14/h2-6,8,10,12,15H,7,9,11,13H2,1H3,(H,23,24). The van der Waals surface area contributed by atoms with Gasteiger partial charge in [-0.1, -0.05) is 30.3 Å². The zero-order valence-electron chi connectivity index (χ0n) is 14.2. The fraction of sp³-hybridized carbons (Fsp3) is 0.286. The molecule has 0 saturated heterocycles. The Bertz CT molecular complexity index is 927. The van der Waals surface area contributed by atoms with Crippen molar-refractivity contribution in [1.82, 2.24) is 4.57 Å². The molecule has 0 aliphatic heterocycles. The Morgan fingerprint density at radius 3 is 2.76 bits per heavy atom. The number of carbonyl (C=O) groups is 1. The summed E-state index contributed by atoms with van der Waals surface area (Å²) in [5.74, 6) is -0.184. The molecule has 1 atom stereocenters. The summed E-state index contributed by atoms with van der Waals surface area (Å²) in [6.07, 6.45) is 2.09. The minimum atomic E-state index is -0.697. The molecule has 0 saturated carbocycles. The van der Waals surface area contributed by atoms with Crippen molar-refractivity contribution >= 4 is 16.9 Å². The second-order valence-electron chi connectivity index (χ2n) is 6.66. The van der Waals surface area contributed by atoms with E-state index < -0.39 is 5.97 Å². The molecule has 0 amide bonds. The maximum atomic E-state index is 11.5. The van der Waals surface area contributed by atoms with Gasteiger partial charge in [0.1, 0.15) is 5.75 Å². The first-order valence-corrected chi connectivity index (χ1v) is 8.62. The first-order valence-electron chi connectivity index (χ1n) is 8.62. The van der Waals surface area contributed by atoms with Gasteiger partial charge in [0.15, 0.2) is 0 Å². The number of carboxylic acid groups (broad SMARTS) is 1. The molecule has 0 spiro atoms. The van der Waals surface area contributed by atoms with Crippen molar-refractivity contribution in [3.63, 3.8) is 0 Å². The Morgan fingerprint density at radius 2 is 2.04 bits per heavy atom. The van der Waals surface area contributed by atoms with Crippen LogP contribution < -0.4 is 4.74 Å². The third-order valence-corrected chi connectivity index (χ3v) is 5.21. The first kappa shape index (κ1) is 15.8. The number of aromatic nitrogens is 1. The Balaban J connectivity index is 1.86. The van der Waals surface area contributed by atoms with Gasteiger partial charge in [0, 0.05) is 23.1 Å². The lowest BCUT2D eigenvalue weighted by molar-refractivity contribution is -0.142. The van der Waals surface area contributed by atoms with Gasteiger partial charge in [-0.2, -0.15) is 0 Å². The average Bonchev–Trinajstić information content (AvgIpc) is 2.95. The summed E-state index contributed by atoms with van der Waals surface area (Å²) < 4.78 is 7.73. The summed E-state index contributed by atoms with van der Waals surface area (Å²) in [7, 11) is 1.66. The summed E-state index contributed by atoms with van der Waals surface area (Å²) in [5, 5.41) is 10.6. The van der Waals surface area contributed by atoms with Crippen LogP contribution in [0.3, 0.4) is 0 Å². The van der Waals surface area contributed by atoms with Gasteiger partial charge in [-0.15, -0.1) is 0 Å². The molecule has 2 aromatic carbocycles. The average molecular weight is 335 g/mol. The van der Waals surface area contributed by atoms with Crippen LogP contribution in [0.25, 0.3) is 10.9 Å². The quantitative estimate of drug-likeness (QED) is 0.787. The Labute approximate surface area is 146 Å². The molecule has 128 valence electrons. The molecule has 0 bridgehead atoms. The molecule has 0 radical (unpaired) electrons. The van der Waals surface area contributed by atoms with Crippen LogP contribution in [-0.2, 0) is 24.2 Å². The number of benzene rings is 2. The number of fused-ring (bicyclic) bond motifs is 3. The van der Waals surface area contributed by atoms with Crippen molar-refractivity contribution in [3.8, 4) is 5.75 Å². The van der Waals surface area contributed by atoms with Crippen LogP contribution in [0, 0.1) is 5.92 Å². The largest absolute Gasteiger partial charge is 0.497 e. The number of nitrogens with zero attached hydrogens (tertiary/aromatic N) is 1. The number of carboxylic acids is 1. The number of ether oxygens (including phenoxy) is 1. The summed E-state index contributed by atoms with van der Waals surface area (Å²) >= 11 is 0. The second kappa shape index (κ2) is 6.28. The molecule has 3 aromatic rings. The van der Waals surface area contributed by atoms with Gasteiger partial charge in [-0.05, 0) is 48.6 Å². The van der Waals surface area contributed by atoms with Crippen LogP contribution in [0.15, 0.2) is 48.5 Å². The van der Waals surface area contributed by atoms with Crippen LogP contribution in [0.2, 0.25) is 0 Å². The number of aliphatic carboxylic acids is 1. The third kappa shape index (κ3) is 2.78. The van der Waals surface area contributed by atoms with Crippen LogP contribution in [0.1, 0.15) is 23.2 Å². The predicted molar refractivity (Wildman–Crippen MR) is 97.2 cm³/mol. The molecule has 1 unspecified atom stereocenters. The molecule has 4 rings (SSSR count). The molecule has 0 fully saturated rings. The van der Waals surface area contributed by atoms with Gasteiger partial charge in [0.2, 0.25) is 0 Å². The van der Waals surface area contributed by atoms with E-state index >= 15 is 0 Å². The van der Waals surface area contributed by atoms with Crippen LogP contribution in [0.5, 0.6) is 5.75 Å². The van der Waals surface area contributed by atoms with E-state index in [9.17, 15) is 9.90 Å². The highest BCUT2D eigenvalue weighted by Crippen LogP contribution is 2.36. The van der Waals surface area contributed by atoms with E-state index in [0.29, 0.717) is 12.8 Å². The molecule has 1 heterocycles. The van der Waals surface area contributed by atoms with Gasteiger partial charge in [0.25, 0.3) is 0 Å². The Kier molecular flexibility index (Phi) is 3.96. The highest BCUT2D eigenvalue weighted by Gasteiger charge is 2.29. The van der Waals surface area contributed by atoms with Crippen molar-refractivity contribution in [2.24, 2.45) is 5.92 Å².